The van der Waals surface area contributed by atoms with Crippen molar-refractivity contribution in [1.29, 1.82) is 0 Å². The number of hydrogen-bond donors (Lipinski definition) is 0. The van der Waals surface area contributed by atoms with Crippen molar-refractivity contribution in [2.75, 3.05) is 5.75 Å². The highest BCUT2D eigenvalue weighted by molar-refractivity contribution is 8.02. The molecule has 0 fully saturated rings. The summed E-state index contributed by atoms with van der Waals surface area (Å²) in [5, 5.41) is 2.32. The smallest absolute Gasteiger partial charge is 0.0705 e. The fourth-order valence-electron chi connectivity index (χ4n) is 2.25. The van der Waals surface area contributed by atoms with Crippen LogP contribution in [0.25, 0.3) is 11.6 Å². The number of hydrogen-bond acceptors (Lipinski definition) is 2. The van der Waals surface area contributed by atoms with Crippen molar-refractivity contribution >= 4 is 23.4 Å². The molecule has 1 aliphatic rings. The first-order chi connectivity index (χ1) is 8.61. The molecule has 0 amide bonds. The fourth-order valence-corrected chi connectivity index (χ4v) is 3.13. The number of pyridine rings is 1. The number of allylic oxidation sites excluding steroid dienone is 1. The highest BCUT2D eigenvalue weighted by Gasteiger charge is 2.18. The van der Waals surface area contributed by atoms with Crippen LogP contribution < -0.4 is 0 Å². The minimum atomic E-state index is 0.529. The van der Waals surface area contributed by atoms with Crippen LogP contribution in [0.15, 0.2) is 23.7 Å². The monoisotopic (exact) mass is 259 g/mol. The summed E-state index contributed by atoms with van der Waals surface area (Å²) < 4.78 is 0. The Bertz CT molecular complexity index is 484. The molecule has 1 aliphatic heterocycles. The summed E-state index contributed by atoms with van der Waals surface area (Å²) in [5.74, 6) is 2.09. The zero-order chi connectivity index (χ0) is 13.1. The van der Waals surface area contributed by atoms with Gasteiger partial charge in [0.15, 0.2) is 0 Å². The number of nitrogens with zero attached hydrogens (tertiary/aromatic N) is 1. The highest BCUT2D eigenvalue weighted by Crippen LogP contribution is 2.35. The molecule has 0 unspecified atom stereocenters. The van der Waals surface area contributed by atoms with Crippen LogP contribution in [-0.2, 0) is 0 Å². The standard InChI is InChI=1S/C16H21NS/c1-11(2)13-7-8-17-15-6-5-9-18-10-14(12(3)4)16(13)15/h5-8,10-12H,9H2,1-4H3/b6-5-,14-10-. The maximum absolute atomic E-state index is 4.56. The summed E-state index contributed by atoms with van der Waals surface area (Å²) in [6, 6.07) is 2.17. The van der Waals surface area contributed by atoms with Gasteiger partial charge in [-0.15, -0.1) is 11.8 Å². The topological polar surface area (TPSA) is 12.9 Å². The molecule has 0 radical (unpaired) electrons. The number of thioether (sulfide) groups is 1. The van der Waals surface area contributed by atoms with E-state index >= 15 is 0 Å². The average molecular weight is 259 g/mol. The Hall–Kier alpha value is -1.02. The second kappa shape index (κ2) is 5.75. The predicted octanol–water partition coefficient (Wildman–Crippen LogP) is 4.96. The van der Waals surface area contributed by atoms with Gasteiger partial charge in [-0.05, 0) is 40.5 Å². The number of aromatic nitrogens is 1. The maximum Gasteiger partial charge on any atom is 0.0705 e. The van der Waals surface area contributed by atoms with E-state index in [-0.39, 0.29) is 0 Å². The first kappa shape index (κ1) is 13.4. The van der Waals surface area contributed by atoms with Crippen LogP contribution in [0.1, 0.15) is 50.4 Å². The van der Waals surface area contributed by atoms with E-state index in [0.717, 1.165) is 11.4 Å². The molecule has 0 aliphatic carbocycles. The molecule has 0 spiro atoms. The van der Waals surface area contributed by atoms with Gasteiger partial charge in [-0.1, -0.05) is 33.8 Å². The molecular formula is C16H21NS. The van der Waals surface area contributed by atoms with Gasteiger partial charge in [-0.3, -0.25) is 4.98 Å². The lowest BCUT2D eigenvalue weighted by Crippen LogP contribution is -2.05. The van der Waals surface area contributed by atoms with Crippen LogP contribution in [0.3, 0.4) is 0 Å². The Morgan fingerprint density at radius 1 is 1.17 bits per heavy atom. The van der Waals surface area contributed by atoms with E-state index in [4.69, 9.17) is 0 Å². The molecule has 96 valence electrons. The summed E-state index contributed by atoms with van der Waals surface area (Å²) in [5.41, 5.74) is 5.32. The molecule has 2 heteroatoms. The Kier molecular flexibility index (Phi) is 4.28. The normalized spacial score (nSPS) is 20.0. The summed E-state index contributed by atoms with van der Waals surface area (Å²) in [6.07, 6.45) is 6.31. The van der Waals surface area contributed by atoms with Crippen LogP contribution in [0.5, 0.6) is 0 Å². The molecule has 0 N–H and O–H groups in total. The third-order valence-corrected chi connectivity index (χ3v) is 4.03. The Labute approximate surface area is 114 Å². The lowest BCUT2D eigenvalue weighted by molar-refractivity contribution is 0.825. The Morgan fingerprint density at radius 2 is 1.94 bits per heavy atom. The lowest BCUT2D eigenvalue weighted by atomic mass is 9.87. The van der Waals surface area contributed by atoms with E-state index in [1.807, 2.05) is 18.0 Å². The van der Waals surface area contributed by atoms with Crippen molar-refractivity contribution in [3.8, 4) is 0 Å². The van der Waals surface area contributed by atoms with E-state index in [1.165, 1.54) is 16.7 Å². The second-order valence-electron chi connectivity index (χ2n) is 5.28. The molecule has 2 rings (SSSR count). The van der Waals surface area contributed by atoms with Gasteiger partial charge in [0, 0.05) is 17.5 Å². The van der Waals surface area contributed by atoms with Crippen molar-refractivity contribution in [3.63, 3.8) is 0 Å². The molecule has 0 saturated heterocycles. The minimum Gasteiger partial charge on any atom is -0.256 e. The zero-order valence-corrected chi connectivity index (χ0v) is 12.4. The molecule has 1 nitrogen and oxygen atoms in total. The van der Waals surface area contributed by atoms with Gasteiger partial charge in [0.1, 0.15) is 0 Å². The summed E-state index contributed by atoms with van der Waals surface area (Å²) in [6.45, 7) is 9.03. The van der Waals surface area contributed by atoms with Crippen LogP contribution >= 0.6 is 11.8 Å². The Balaban J connectivity index is 2.67. The fraction of sp³-hybridized carbons (Fsp3) is 0.438. The molecule has 0 saturated carbocycles. The summed E-state index contributed by atoms with van der Waals surface area (Å²) in [4.78, 5) is 4.56. The predicted molar refractivity (Wildman–Crippen MR) is 82.6 cm³/mol. The van der Waals surface area contributed by atoms with Gasteiger partial charge in [-0.25, -0.2) is 0 Å². The SMILES string of the molecule is CC(C)/C1=C/SC/C=C\c2nccc(C(C)C)c21. The molecule has 0 atom stereocenters. The quantitative estimate of drug-likeness (QED) is 0.744. The first-order valence-corrected chi connectivity index (χ1v) is 7.63. The molecular weight excluding hydrogens is 238 g/mol. The van der Waals surface area contributed by atoms with Crippen LogP contribution in [0.4, 0.5) is 0 Å². The van der Waals surface area contributed by atoms with Crippen LogP contribution in [-0.4, -0.2) is 10.7 Å². The molecule has 0 bridgehead atoms. The van der Waals surface area contributed by atoms with Gasteiger partial charge < -0.3 is 0 Å². The third-order valence-electron chi connectivity index (χ3n) is 3.22. The van der Waals surface area contributed by atoms with Crippen LogP contribution in [0, 0.1) is 5.92 Å². The minimum absolute atomic E-state index is 0.529. The van der Waals surface area contributed by atoms with Crippen LogP contribution in [0.2, 0.25) is 0 Å². The third kappa shape index (κ3) is 2.69. The van der Waals surface area contributed by atoms with Gasteiger partial charge in [0.05, 0.1) is 5.69 Å². The van der Waals surface area contributed by atoms with Crippen molar-refractivity contribution in [1.82, 2.24) is 4.98 Å². The zero-order valence-electron chi connectivity index (χ0n) is 11.6. The maximum atomic E-state index is 4.56. The van der Waals surface area contributed by atoms with Crippen molar-refractivity contribution in [2.24, 2.45) is 5.92 Å². The summed E-state index contributed by atoms with van der Waals surface area (Å²) in [7, 11) is 0. The number of rotatable bonds is 2. The van der Waals surface area contributed by atoms with E-state index in [1.54, 1.807) is 0 Å². The lowest BCUT2D eigenvalue weighted by Gasteiger charge is -2.21. The van der Waals surface area contributed by atoms with Gasteiger partial charge in [0.25, 0.3) is 0 Å². The average Bonchev–Trinajstić information content (AvgIpc) is 2.28. The van der Waals surface area contributed by atoms with Gasteiger partial charge in [0.2, 0.25) is 0 Å². The summed E-state index contributed by atoms with van der Waals surface area (Å²) >= 11 is 1.87. The Morgan fingerprint density at radius 3 is 2.61 bits per heavy atom. The molecule has 2 heterocycles. The van der Waals surface area contributed by atoms with Gasteiger partial charge in [-0.2, -0.15) is 0 Å². The van der Waals surface area contributed by atoms with Gasteiger partial charge >= 0.3 is 0 Å². The second-order valence-corrected chi connectivity index (χ2v) is 6.18. The molecule has 0 aromatic carbocycles. The molecule has 1 aromatic rings. The first-order valence-electron chi connectivity index (χ1n) is 6.58. The van der Waals surface area contributed by atoms with E-state index in [2.05, 4.69) is 56.3 Å². The molecule has 1 aromatic heterocycles. The van der Waals surface area contributed by atoms with E-state index < -0.39 is 0 Å². The van der Waals surface area contributed by atoms with E-state index in [9.17, 15) is 0 Å². The van der Waals surface area contributed by atoms with E-state index in [0.29, 0.717) is 11.8 Å². The highest BCUT2D eigenvalue weighted by atomic mass is 32.2. The molecule has 18 heavy (non-hydrogen) atoms. The van der Waals surface area contributed by atoms with Crippen molar-refractivity contribution in [2.45, 2.75) is 33.6 Å². The largest absolute Gasteiger partial charge is 0.256 e. The van der Waals surface area contributed by atoms with Crippen molar-refractivity contribution < 1.29 is 0 Å². The number of fused-ring (bicyclic) bond motifs is 1. The van der Waals surface area contributed by atoms with Crippen molar-refractivity contribution in [3.05, 3.63) is 40.6 Å².